The van der Waals surface area contributed by atoms with E-state index in [2.05, 4.69) is 0 Å². The van der Waals surface area contributed by atoms with E-state index < -0.39 is 11.9 Å². The number of benzene rings is 1. The molecule has 1 aromatic heterocycles. The van der Waals surface area contributed by atoms with Crippen LogP contribution in [0.5, 0.6) is 0 Å². The predicted octanol–water partition coefficient (Wildman–Crippen LogP) is 4.74. The van der Waals surface area contributed by atoms with Crippen LogP contribution < -0.4 is 0 Å². The van der Waals surface area contributed by atoms with Crippen molar-refractivity contribution in [3.05, 3.63) is 94.3 Å². The molecule has 2 aromatic rings. The summed E-state index contributed by atoms with van der Waals surface area (Å²) in [6.45, 7) is 2.48. The van der Waals surface area contributed by atoms with E-state index in [9.17, 15) is 9.59 Å². The molecule has 1 unspecified atom stereocenters. The second-order valence-electron chi connectivity index (χ2n) is 6.52. The number of allylic oxidation sites excluding steroid dienone is 5. The minimum atomic E-state index is -0.863. The Labute approximate surface area is 163 Å². The molecule has 0 spiro atoms. The quantitative estimate of drug-likeness (QED) is 0.735. The zero-order chi connectivity index (χ0) is 19.4. The van der Waals surface area contributed by atoms with Gasteiger partial charge in [-0.15, -0.1) is 0 Å². The number of halogens is 1. The van der Waals surface area contributed by atoms with Crippen LogP contribution in [0.4, 0.5) is 0 Å². The van der Waals surface area contributed by atoms with Gasteiger partial charge in [-0.1, -0.05) is 59.7 Å². The van der Waals surface area contributed by atoms with Gasteiger partial charge in [-0.3, -0.25) is 9.59 Å². The zero-order valence-corrected chi connectivity index (χ0v) is 15.7. The molecule has 27 heavy (non-hydrogen) atoms. The maximum Gasteiger partial charge on any atom is 0.310 e. The van der Waals surface area contributed by atoms with Crippen LogP contribution >= 0.6 is 11.6 Å². The molecule has 0 saturated heterocycles. The van der Waals surface area contributed by atoms with Crippen molar-refractivity contribution in [3.63, 3.8) is 0 Å². The maximum atomic E-state index is 12.7. The van der Waals surface area contributed by atoms with Gasteiger partial charge in [0.1, 0.15) is 0 Å². The molecule has 1 aromatic carbocycles. The highest BCUT2D eigenvalue weighted by Gasteiger charge is 2.20. The smallest absolute Gasteiger partial charge is 0.310 e. The molecule has 5 heteroatoms. The Morgan fingerprint density at radius 1 is 1.26 bits per heavy atom. The summed E-state index contributed by atoms with van der Waals surface area (Å²) in [4.78, 5) is 23.9. The maximum absolute atomic E-state index is 12.7. The van der Waals surface area contributed by atoms with Gasteiger partial charge >= 0.3 is 5.97 Å². The molecule has 4 nitrogen and oxygen atoms in total. The van der Waals surface area contributed by atoms with Gasteiger partial charge in [0.25, 0.3) is 0 Å². The van der Waals surface area contributed by atoms with Crippen molar-refractivity contribution in [2.24, 2.45) is 5.92 Å². The molecular formula is C22H20ClNO3. The van der Waals surface area contributed by atoms with Crippen LogP contribution in [0.1, 0.15) is 28.0 Å². The topological polar surface area (TPSA) is 59.3 Å². The summed E-state index contributed by atoms with van der Waals surface area (Å²) in [5.41, 5.74) is 3.15. The predicted molar refractivity (Wildman–Crippen MR) is 106 cm³/mol. The van der Waals surface area contributed by atoms with Crippen LogP contribution in [0.3, 0.4) is 0 Å². The van der Waals surface area contributed by atoms with Crippen molar-refractivity contribution in [1.82, 2.24) is 4.57 Å². The Kier molecular flexibility index (Phi) is 5.77. The number of carbonyl (C=O) groups excluding carboxylic acids is 1. The van der Waals surface area contributed by atoms with Crippen LogP contribution in [0.15, 0.2) is 77.5 Å². The Hall–Kier alpha value is -2.85. The Morgan fingerprint density at radius 2 is 2.00 bits per heavy atom. The van der Waals surface area contributed by atoms with E-state index in [0.29, 0.717) is 29.3 Å². The first kappa shape index (κ1) is 18.9. The van der Waals surface area contributed by atoms with Crippen molar-refractivity contribution in [2.45, 2.75) is 19.9 Å². The first-order valence-electron chi connectivity index (χ1n) is 8.68. The molecule has 0 radical (unpaired) electrons. The van der Waals surface area contributed by atoms with Crippen LogP contribution in [-0.4, -0.2) is 21.4 Å². The summed E-state index contributed by atoms with van der Waals surface area (Å²) in [7, 11) is 0. The lowest BCUT2D eigenvalue weighted by atomic mass is 9.94. The lowest BCUT2D eigenvalue weighted by molar-refractivity contribution is -0.140. The van der Waals surface area contributed by atoms with E-state index in [1.807, 2.05) is 60.2 Å². The third-order valence-electron chi connectivity index (χ3n) is 4.54. The number of carboxylic acid groups (broad SMARTS) is 1. The molecule has 1 aliphatic rings. The van der Waals surface area contributed by atoms with E-state index in [4.69, 9.17) is 16.7 Å². The molecule has 0 saturated carbocycles. The first-order chi connectivity index (χ1) is 13.0. The van der Waals surface area contributed by atoms with Crippen molar-refractivity contribution in [1.29, 1.82) is 0 Å². The van der Waals surface area contributed by atoms with Gasteiger partial charge in [0.15, 0.2) is 0 Å². The standard InChI is InChI=1S/C22H20ClNO3/c1-15-6-8-16(9-7-15)21(25)20-5-3-13-24(20)12-2-4-17-14-18(22(26)27)10-11-19(17)23/h2-11,13,18H,12,14H2,1H3,(H,26,27)/b4-2+. The molecule has 1 aliphatic carbocycles. The number of aliphatic carboxylic acids is 1. The van der Waals surface area contributed by atoms with Crippen LogP contribution in [0.2, 0.25) is 0 Å². The summed E-state index contributed by atoms with van der Waals surface area (Å²) in [5.74, 6) is -1.45. The summed E-state index contributed by atoms with van der Waals surface area (Å²) in [6.07, 6.45) is 9.17. The number of aromatic nitrogens is 1. The monoisotopic (exact) mass is 381 g/mol. The van der Waals surface area contributed by atoms with Crippen molar-refractivity contribution in [2.75, 3.05) is 0 Å². The number of ketones is 1. The lowest BCUT2D eigenvalue weighted by Gasteiger charge is -2.14. The third-order valence-corrected chi connectivity index (χ3v) is 4.90. The molecule has 0 fully saturated rings. The van der Waals surface area contributed by atoms with Gasteiger partial charge in [0, 0.05) is 23.3 Å². The number of nitrogens with zero attached hydrogens (tertiary/aromatic N) is 1. The minimum Gasteiger partial charge on any atom is -0.481 e. The molecular weight excluding hydrogens is 362 g/mol. The highest BCUT2D eigenvalue weighted by molar-refractivity contribution is 6.31. The van der Waals surface area contributed by atoms with Gasteiger partial charge in [0.05, 0.1) is 11.6 Å². The summed E-state index contributed by atoms with van der Waals surface area (Å²) >= 11 is 6.18. The largest absolute Gasteiger partial charge is 0.481 e. The number of hydrogen-bond acceptors (Lipinski definition) is 2. The molecule has 1 heterocycles. The van der Waals surface area contributed by atoms with Crippen molar-refractivity contribution >= 4 is 23.4 Å². The summed E-state index contributed by atoms with van der Waals surface area (Å²) in [6, 6.07) is 11.1. The normalized spacial score (nSPS) is 16.9. The van der Waals surface area contributed by atoms with Crippen molar-refractivity contribution < 1.29 is 14.7 Å². The van der Waals surface area contributed by atoms with E-state index in [1.54, 1.807) is 18.2 Å². The molecule has 1 atom stereocenters. The SMILES string of the molecule is Cc1ccc(C(=O)c2cccn2C/C=C/C2=C(Cl)C=CC(C(=O)O)C2)cc1. The summed E-state index contributed by atoms with van der Waals surface area (Å²) < 4.78 is 1.86. The molecule has 0 bridgehead atoms. The molecule has 1 N–H and O–H groups in total. The van der Waals surface area contributed by atoms with Gasteiger partial charge in [-0.2, -0.15) is 0 Å². The second-order valence-corrected chi connectivity index (χ2v) is 6.93. The molecule has 0 aliphatic heterocycles. The summed E-state index contributed by atoms with van der Waals surface area (Å²) in [5, 5.41) is 9.71. The number of carboxylic acids is 1. The van der Waals surface area contributed by atoms with Crippen LogP contribution in [-0.2, 0) is 11.3 Å². The van der Waals surface area contributed by atoms with Crippen LogP contribution in [0.25, 0.3) is 0 Å². The van der Waals surface area contributed by atoms with Gasteiger partial charge in [0.2, 0.25) is 5.78 Å². The fourth-order valence-corrected chi connectivity index (χ4v) is 3.18. The van der Waals surface area contributed by atoms with E-state index in [-0.39, 0.29) is 5.78 Å². The fraction of sp³-hybridized carbons (Fsp3) is 0.182. The number of carbonyl (C=O) groups is 2. The van der Waals surface area contributed by atoms with Crippen molar-refractivity contribution in [3.8, 4) is 0 Å². The molecule has 3 rings (SSSR count). The second kappa shape index (κ2) is 8.23. The Balaban J connectivity index is 1.73. The average Bonchev–Trinajstić information content (AvgIpc) is 3.11. The third kappa shape index (κ3) is 4.47. The van der Waals surface area contributed by atoms with E-state index in [1.165, 1.54) is 0 Å². The first-order valence-corrected chi connectivity index (χ1v) is 9.06. The zero-order valence-electron chi connectivity index (χ0n) is 14.9. The highest BCUT2D eigenvalue weighted by Crippen LogP contribution is 2.27. The molecule has 138 valence electrons. The van der Waals surface area contributed by atoms with E-state index in [0.717, 1.165) is 11.1 Å². The lowest BCUT2D eigenvalue weighted by Crippen LogP contribution is -2.14. The molecule has 0 amide bonds. The number of rotatable bonds is 6. The Morgan fingerprint density at radius 3 is 2.70 bits per heavy atom. The number of hydrogen-bond donors (Lipinski definition) is 1. The van der Waals surface area contributed by atoms with Gasteiger partial charge in [-0.05, 0) is 37.1 Å². The Bertz CT molecular complexity index is 948. The minimum absolute atomic E-state index is 0.0304. The van der Waals surface area contributed by atoms with Crippen LogP contribution in [0, 0.1) is 12.8 Å². The number of aryl methyl sites for hydroxylation is 1. The highest BCUT2D eigenvalue weighted by atomic mass is 35.5. The fourth-order valence-electron chi connectivity index (χ4n) is 2.97. The van der Waals surface area contributed by atoms with Gasteiger partial charge in [-0.25, -0.2) is 0 Å². The average molecular weight is 382 g/mol. The van der Waals surface area contributed by atoms with Gasteiger partial charge < -0.3 is 9.67 Å². The van der Waals surface area contributed by atoms with E-state index >= 15 is 0 Å².